The van der Waals surface area contributed by atoms with E-state index < -0.39 is 29.3 Å². The van der Waals surface area contributed by atoms with E-state index in [0.717, 1.165) is 6.07 Å². The van der Waals surface area contributed by atoms with Gasteiger partial charge in [-0.1, -0.05) is 15.9 Å². The molecule has 1 aliphatic heterocycles. The quantitative estimate of drug-likeness (QED) is 0.824. The van der Waals surface area contributed by atoms with E-state index in [9.17, 15) is 22.7 Å². The van der Waals surface area contributed by atoms with Crippen LogP contribution in [0, 0.1) is 0 Å². The van der Waals surface area contributed by atoms with Crippen molar-refractivity contribution in [2.45, 2.75) is 37.1 Å². The van der Waals surface area contributed by atoms with Crippen LogP contribution < -0.4 is 9.47 Å². The third-order valence-electron chi connectivity index (χ3n) is 3.27. The summed E-state index contributed by atoms with van der Waals surface area (Å²) in [5.74, 6) is -0.942. The predicted octanol–water partition coefficient (Wildman–Crippen LogP) is 3.47. The molecule has 0 aromatic heterocycles. The van der Waals surface area contributed by atoms with E-state index in [1.165, 1.54) is 6.07 Å². The number of halogens is 5. The van der Waals surface area contributed by atoms with Gasteiger partial charge in [0, 0.05) is 10.9 Å². The molecule has 0 atom stereocenters. The van der Waals surface area contributed by atoms with Crippen molar-refractivity contribution in [1.82, 2.24) is 0 Å². The molecule has 0 bridgehead atoms. The molecule has 1 fully saturated rings. The van der Waals surface area contributed by atoms with Crippen molar-refractivity contribution in [3.8, 4) is 11.5 Å². The summed E-state index contributed by atoms with van der Waals surface area (Å²) in [7, 11) is 0. The van der Waals surface area contributed by atoms with Crippen LogP contribution in [0.5, 0.6) is 11.5 Å². The number of benzene rings is 1. The smallest absolute Gasteiger partial charge is 0.421 e. The van der Waals surface area contributed by atoms with Crippen LogP contribution >= 0.6 is 15.9 Å². The van der Waals surface area contributed by atoms with E-state index >= 15 is 0 Å². The molecule has 1 saturated carbocycles. The molecule has 0 radical (unpaired) electrons. The number of hydrogen-bond donors (Lipinski definition) is 1. The molecule has 0 spiro atoms. The zero-order chi connectivity index (χ0) is 14.8. The highest BCUT2D eigenvalue weighted by Gasteiger charge is 2.66. The first-order valence-corrected chi connectivity index (χ1v) is 6.60. The number of aliphatic hydroxyl groups is 1. The average Bonchev–Trinajstić information content (AvgIpc) is 3.00. The lowest BCUT2D eigenvalue weighted by atomic mass is 10.1. The van der Waals surface area contributed by atoms with Gasteiger partial charge >= 0.3 is 12.2 Å². The fourth-order valence-electron chi connectivity index (χ4n) is 1.94. The Morgan fingerprint density at radius 3 is 2.05 bits per heavy atom. The first-order valence-electron chi connectivity index (χ1n) is 5.80. The molecule has 1 N–H and O–H groups in total. The summed E-state index contributed by atoms with van der Waals surface area (Å²) in [5, 5.41) is 9.84. The second kappa shape index (κ2) is 4.00. The molecule has 20 heavy (non-hydrogen) atoms. The molecular weight excluding hydrogens is 348 g/mol. The number of ether oxygens (including phenoxy) is 2. The number of fused-ring (bicyclic) bond motifs is 1. The van der Waals surface area contributed by atoms with E-state index in [-0.39, 0.29) is 6.42 Å². The van der Waals surface area contributed by atoms with Crippen molar-refractivity contribution in [2.75, 3.05) is 0 Å². The monoisotopic (exact) mass is 356 g/mol. The molecule has 1 aromatic carbocycles. The topological polar surface area (TPSA) is 38.7 Å². The van der Waals surface area contributed by atoms with Crippen molar-refractivity contribution < 1.29 is 32.1 Å². The number of rotatable bonds is 2. The van der Waals surface area contributed by atoms with Gasteiger partial charge in [-0.3, -0.25) is 0 Å². The maximum Gasteiger partial charge on any atom is 0.507 e. The van der Waals surface area contributed by atoms with Crippen LogP contribution in [0.25, 0.3) is 0 Å². The number of hydrogen-bond acceptors (Lipinski definition) is 3. The third kappa shape index (κ3) is 2.24. The lowest BCUT2D eigenvalue weighted by Crippen LogP contribution is -2.52. The Hall–Kier alpha value is -1.02. The van der Waals surface area contributed by atoms with Crippen LogP contribution in [0.1, 0.15) is 18.4 Å². The average molecular weight is 357 g/mol. The molecule has 8 heteroatoms. The number of alkyl halides is 4. The van der Waals surface area contributed by atoms with Crippen LogP contribution in [0.3, 0.4) is 0 Å². The maximum atomic E-state index is 13.1. The fourth-order valence-corrected chi connectivity index (χ4v) is 2.41. The zero-order valence-corrected chi connectivity index (χ0v) is 11.5. The van der Waals surface area contributed by atoms with Gasteiger partial charge in [-0.25, -0.2) is 0 Å². The van der Waals surface area contributed by atoms with Crippen LogP contribution in [0.4, 0.5) is 17.6 Å². The minimum Gasteiger partial charge on any atom is -0.421 e. The lowest BCUT2D eigenvalue weighted by Gasteiger charge is -2.32. The molecule has 2 aliphatic rings. The largest absolute Gasteiger partial charge is 0.507 e. The maximum absolute atomic E-state index is 13.1. The zero-order valence-electron chi connectivity index (χ0n) is 9.93. The first kappa shape index (κ1) is 13.9. The van der Waals surface area contributed by atoms with Crippen LogP contribution in [-0.2, 0) is 6.42 Å². The molecule has 0 saturated heterocycles. The van der Waals surface area contributed by atoms with Gasteiger partial charge in [0.05, 0.1) is 5.60 Å². The van der Waals surface area contributed by atoms with Crippen LogP contribution in [-0.4, -0.2) is 22.9 Å². The molecule has 3 nitrogen and oxygen atoms in total. The summed E-state index contributed by atoms with van der Waals surface area (Å²) in [6, 6.07) is 2.32. The predicted molar refractivity (Wildman–Crippen MR) is 63.2 cm³/mol. The minimum atomic E-state index is -4.73. The van der Waals surface area contributed by atoms with Crippen molar-refractivity contribution >= 4 is 15.9 Å². The molecule has 0 amide bonds. The van der Waals surface area contributed by atoms with Crippen molar-refractivity contribution in [1.29, 1.82) is 0 Å². The Labute approximate surface area is 119 Å². The fraction of sp³-hybridized carbons (Fsp3) is 0.500. The van der Waals surface area contributed by atoms with Gasteiger partial charge in [0.25, 0.3) is 0 Å². The highest BCUT2D eigenvalue weighted by atomic mass is 79.9. The highest BCUT2D eigenvalue weighted by Crippen LogP contribution is 2.49. The second-order valence-corrected chi connectivity index (χ2v) is 5.88. The molecule has 0 unspecified atom stereocenters. The molecule has 1 aliphatic carbocycles. The van der Waals surface area contributed by atoms with Gasteiger partial charge < -0.3 is 14.6 Å². The Kier molecular flexibility index (Phi) is 2.79. The lowest BCUT2D eigenvalue weighted by molar-refractivity contribution is -0.391. The highest BCUT2D eigenvalue weighted by molar-refractivity contribution is 9.10. The molecule has 110 valence electrons. The Morgan fingerprint density at radius 2 is 1.55 bits per heavy atom. The van der Waals surface area contributed by atoms with Gasteiger partial charge in [0.2, 0.25) is 0 Å². The van der Waals surface area contributed by atoms with Gasteiger partial charge in [-0.15, -0.1) is 0 Å². The SMILES string of the molecule is OC1(Cc2cc3c(cc2Br)OC(F)(F)C(F)(F)O3)CC1. The minimum absolute atomic E-state index is 0.228. The third-order valence-corrected chi connectivity index (χ3v) is 4.01. The Bertz CT molecular complexity index is 572. The van der Waals surface area contributed by atoms with Crippen molar-refractivity contribution in [3.05, 3.63) is 22.2 Å². The van der Waals surface area contributed by atoms with Crippen molar-refractivity contribution in [2.24, 2.45) is 0 Å². The summed E-state index contributed by atoms with van der Waals surface area (Å²) >= 11 is 3.14. The molecule has 1 aromatic rings. The van der Waals surface area contributed by atoms with Gasteiger partial charge in [0.15, 0.2) is 11.5 Å². The Morgan fingerprint density at radius 1 is 1.05 bits per heavy atom. The normalized spacial score (nSPS) is 24.3. The van der Waals surface area contributed by atoms with E-state index in [0.29, 0.717) is 22.9 Å². The van der Waals surface area contributed by atoms with Gasteiger partial charge in [-0.2, -0.15) is 17.6 Å². The van der Waals surface area contributed by atoms with Crippen molar-refractivity contribution in [3.63, 3.8) is 0 Å². The summed E-state index contributed by atoms with van der Waals surface area (Å²) < 4.78 is 60.7. The first-order chi connectivity index (χ1) is 9.12. The van der Waals surface area contributed by atoms with Crippen LogP contribution in [0.15, 0.2) is 16.6 Å². The molecule has 1 heterocycles. The summed E-state index contributed by atoms with van der Waals surface area (Å²) in [4.78, 5) is 0. The van der Waals surface area contributed by atoms with E-state index in [2.05, 4.69) is 25.4 Å². The standard InChI is InChI=1S/C12H9BrF4O3/c13-7-4-9-8(3-6(7)5-10(18)1-2-10)19-11(14,15)12(16,17)20-9/h3-4,18H,1-2,5H2. The summed E-state index contributed by atoms with van der Waals surface area (Å²) in [5.41, 5.74) is -0.355. The van der Waals surface area contributed by atoms with Gasteiger partial charge in [0.1, 0.15) is 0 Å². The van der Waals surface area contributed by atoms with E-state index in [4.69, 9.17) is 0 Å². The second-order valence-electron chi connectivity index (χ2n) is 5.03. The molecule has 3 rings (SSSR count). The van der Waals surface area contributed by atoms with E-state index in [1.54, 1.807) is 0 Å². The summed E-state index contributed by atoms with van der Waals surface area (Å²) in [6.07, 6.45) is -8.01. The van der Waals surface area contributed by atoms with Crippen LogP contribution in [0.2, 0.25) is 0 Å². The van der Waals surface area contributed by atoms with E-state index in [1.807, 2.05) is 0 Å². The summed E-state index contributed by atoms with van der Waals surface area (Å²) in [6.45, 7) is 0. The Balaban J connectivity index is 1.97. The van der Waals surface area contributed by atoms with Gasteiger partial charge in [-0.05, 0) is 30.5 Å². The molecular formula is C12H9BrF4O3.